The quantitative estimate of drug-likeness (QED) is 0.690. The third-order valence-corrected chi connectivity index (χ3v) is 3.31. The Kier molecular flexibility index (Phi) is 2.99. The van der Waals surface area contributed by atoms with Crippen LogP contribution in [0.15, 0.2) is 48.8 Å². The summed E-state index contributed by atoms with van der Waals surface area (Å²) in [4.78, 5) is 4.09. The van der Waals surface area contributed by atoms with Gasteiger partial charge < -0.3 is 11.1 Å². The van der Waals surface area contributed by atoms with Crippen LogP contribution in [0.4, 0.5) is 21.5 Å². The number of aromatic nitrogens is 1. The Balaban J connectivity index is 2.09. The summed E-state index contributed by atoms with van der Waals surface area (Å²) in [6, 6.07) is 10.3. The van der Waals surface area contributed by atoms with Crippen molar-refractivity contribution >= 4 is 27.8 Å². The first kappa shape index (κ1) is 12.4. The van der Waals surface area contributed by atoms with Crippen LogP contribution in [0.1, 0.15) is 5.56 Å². The highest BCUT2D eigenvalue weighted by atomic mass is 19.1. The molecule has 0 aliphatic rings. The number of pyridine rings is 1. The largest absolute Gasteiger partial charge is 0.398 e. The first-order chi connectivity index (χ1) is 9.65. The van der Waals surface area contributed by atoms with Crippen molar-refractivity contribution in [1.29, 1.82) is 0 Å². The van der Waals surface area contributed by atoms with Crippen LogP contribution in [0, 0.1) is 12.7 Å². The molecule has 3 rings (SSSR count). The lowest BCUT2D eigenvalue weighted by atomic mass is 10.1. The van der Waals surface area contributed by atoms with E-state index in [0.717, 1.165) is 27.7 Å². The van der Waals surface area contributed by atoms with E-state index in [9.17, 15) is 4.39 Å². The molecule has 0 unspecified atom stereocenters. The third kappa shape index (κ3) is 2.16. The van der Waals surface area contributed by atoms with Gasteiger partial charge in [-0.15, -0.1) is 0 Å². The zero-order valence-corrected chi connectivity index (χ0v) is 11.0. The number of nitrogens with one attached hydrogen (secondary N) is 1. The molecule has 0 amide bonds. The molecule has 0 aliphatic carbocycles. The van der Waals surface area contributed by atoms with E-state index in [0.29, 0.717) is 5.69 Å². The molecule has 0 saturated heterocycles. The number of benzene rings is 2. The van der Waals surface area contributed by atoms with Crippen molar-refractivity contribution in [2.75, 3.05) is 11.1 Å². The average molecular weight is 267 g/mol. The van der Waals surface area contributed by atoms with E-state index in [-0.39, 0.29) is 5.82 Å². The molecule has 0 saturated carbocycles. The smallest absolute Gasteiger partial charge is 0.123 e. The Morgan fingerprint density at radius 3 is 2.65 bits per heavy atom. The molecule has 0 atom stereocenters. The maximum atomic E-state index is 13.1. The number of anilines is 3. The first-order valence-electron chi connectivity index (χ1n) is 6.30. The molecular weight excluding hydrogens is 253 g/mol. The molecule has 0 radical (unpaired) electrons. The van der Waals surface area contributed by atoms with E-state index in [1.807, 2.05) is 25.1 Å². The fourth-order valence-corrected chi connectivity index (χ4v) is 2.23. The Hall–Kier alpha value is -2.62. The van der Waals surface area contributed by atoms with Gasteiger partial charge in [0.2, 0.25) is 0 Å². The SMILES string of the molecule is Cc1cc(F)ccc1Nc1ccc(N)c2cnccc12. The summed E-state index contributed by atoms with van der Waals surface area (Å²) in [5.41, 5.74) is 9.28. The normalized spacial score (nSPS) is 10.7. The van der Waals surface area contributed by atoms with Gasteiger partial charge in [-0.2, -0.15) is 0 Å². The summed E-state index contributed by atoms with van der Waals surface area (Å²) in [6.45, 7) is 1.87. The van der Waals surface area contributed by atoms with Crippen LogP contribution in [0.5, 0.6) is 0 Å². The number of aryl methyl sites for hydroxylation is 1. The molecule has 2 aromatic carbocycles. The van der Waals surface area contributed by atoms with Crippen molar-refractivity contribution < 1.29 is 4.39 Å². The van der Waals surface area contributed by atoms with Crippen LogP contribution in [-0.4, -0.2) is 4.98 Å². The van der Waals surface area contributed by atoms with Crippen molar-refractivity contribution in [2.24, 2.45) is 0 Å². The van der Waals surface area contributed by atoms with Crippen molar-refractivity contribution in [2.45, 2.75) is 6.92 Å². The Morgan fingerprint density at radius 1 is 1.05 bits per heavy atom. The standard InChI is InChI=1S/C16H14FN3/c1-10-8-11(17)2-4-15(10)20-16-5-3-14(18)13-9-19-7-6-12(13)16/h2-9,20H,18H2,1H3. The lowest BCUT2D eigenvalue weighted by Gasteiger charge is -2.13. The average Bonchev–Trinajstić information content (AvgIpc) is 2.45. The maximum Gasteiger partial charge on any atom is 0.123 e. The third-order valence-electron chi connectivity index (χ3n) is 3.31. The second-order valence-corrected chi connectivity index (χ2v) is 4.71. The van der Waals surface area contributed by atoms with Gasteiger partial charge in [-0.05, 0) is 48.9 Å². The van der Waals surface area contributed by atoms with Gasteiger partial charge in [0.25, 0.3) is 0 Å². The summed E-state index contributed by atoms with van der Waals surface area (Å²) in [5.74, 6) is -0.237. The fraction of sp³-hybridized carbons (Fsp3) is 0.0625. The summed E-state index contributed by atoms with van der Waals surface area (Å²) in [5, 5.41) is 5.21. The second kappa shape index (κ2) is 4.81. The molecule has 3 aromatic rings. The molecule has 1 aromatic heterocycles. The molecule has 3 N–H and O–H groups in total. The minimum atomic E-state index is -0.237. The van der Waals surface area contributed by atoms with Crippen LogP contribution < -0.4 is 11.1 Å². The minimum Gasteiger partial charge on any atom is -0.398 e. The van der Waals surface area contributed by atoms with E-state index >= 15 is 0 Å². The molecule has 1 heterocycles. The fourth-order valence-electron chi connectivity index (χ4n) is 2.23. The lowest BCUT2D eigenvalue weighted by molar-refractivity contribution is 0.627. The van der Waals surface area contributed by atoms with Gasteiger partial charge in [0, 0.05) is 40.2 Å². The van der Waals surface area contributed by atoms with Gasteiger partial charge in [-0.3, -0.25) is 4.98 Å². The predicted molar refractivity (Wildman–Crippen MR) is 80.6 cm³/mol. The molecule has 20 heavy (non-hydrogen) atoms. The van der Waals surface area contributed by atoms with Gasteiger partial charge in [0.15, 0.2) is 0 Å². The number of hydrogen-bond donors (Lipinski definition) is 2. The minimum absolute atomic E-state index is 0.237. The van der Waals surface area contributed by atoms with E-state index in [4.69, 9.17) is 5.73 Å². The number of nitrogens with zero attached hydrogens (tertiary/aromatic N) is 1. The topological polar surface area (TPSA) is 50.9 Å². The van der Waals surface area contributed by atoms with Crippen molar-refractivity contribution in [1.82, 2.24) is 4.98 Å². The van der Waals surface area contributed by atoms with E-state index in [2.05, 4.69) is 10.3 Å². The number of nitrogen functional groups attached to an aromatic ring is 1. The number of nitrogens with two attached hydrogens (primary N) is 1. The van der Waals surface area contributed by atoms with Crippen LogP contribution >= 0.6 is 0 Å². The highest BCUT2D eigenvalue weighted by Crippen LogP contribution is 2.30. The van der Waals surface area contributed by atoms with Crippen molar-refractivity contribution in [3.8, 4) is 0 Å². The van der Waals surface area contributed by atoms with Gasteiger partial charge >= 0.3 is 0 Å². The highest BCUT2D eigenvalue weighted by molar-refractivity contribution is 6.01. The van der Waals surface area contributed by atoms with E-state index < -0.39 is 0 Å². The van der Waals surface area contributed by atoms with Gasteiger partial charge in [0.1, 0.15) is 5.82 Å². The summed E-state index contributed by atoms with van der Waals surface area (Å²) in [7, 11) is 0. The summed E-state index contributed by atoms with van der Waals surface area (Å²) >= 11 is 0. The molecule has 0 bridgehead atoms. The van der Waals surface area contributed by atoms with Crippen LogP contribution in [0.25, 0.3) is 10.8 Å². The molecule has 0 aliphatic heterocycles. The summed E-state index contributed by atoms with van der Waals surface area (Å²) < 4.78 is 13.1. The Bertz CT molecular complexity index is 784. The van der Waals surface area contributed by atoms with E-state index in [1.54, 1.807) is 18.5 Å². The summed E-state index contributed by atoms with van der Waals surface area (Å²) in [6.07, 6.45) is 3.47. The molecule has 4 heteroatoms. The molecule has 3 nitrogen and oxygen atoms in total. The zero-order chi connectivity index (χ0) is 14.1. The second-order valence-electron chi connectivity index (χ2n) is 4.71. The van der Waals surface area contributed by atoms with E-state index in [1.165, 1.54) is 12.1 Å². The first-order valence-corrected chi connectivity index (χ1v) is 6.30. The number of halogens is 1. The number of rotatable bonds is 2. The predicted octanol–water partition coefficient (Wildman–Crippen LogP) is 4.01. The molecule has 100 valence electrons. The maximum absolute atomic E-state index is 13.1. The van der Waals surface area contributed by atoms with Gasteiger partial charge in [-0.1, -0.05) is 0 Å². The van der Waals surface area contributed by atoms with Crippen molar-refractivity contribution in [3.05, 3.63) is 60.2 Å². The monoisotopic (exact) mass is 267 g/mol. The Morgan fingerprint density at radius 2 is 1.85 bits per heavy atom. The number of hydrogen-bond acceptors (Lipinski definition) is 3. The lowest BCUT2D eigenvalue weighted by Crippen LogP contribution is -1.96. The van der Waals surface area contributed by atoms with Gasteiger partial charge in [-0.25, -0.2) is 4.39 Å². The van der Waals surface area contributed by atoms with Crippen LogP contribution in [-0.2, 0) is 0 Å². The zero-order valence-electron chi connectivity index (χ0n) is 11.0. The van der Waals surface area contributed by atoms with Crippen molar-refractivity contribution in [3.63, 3.8) is 0 Å². The number of fused-ring (bicyclic) bond motifs is 1. The molecular formula is C16H14FN3. The molecule has 0 fully saturated rings. The van der Waals surface area contributed by atoms with Gasteiger partial charge in [0.05, 0.1) is 0 Å². The Labute approximate surface area is 116 Å². The van der Waals surface area contributed by atoms with Crippen LogP contribution in [0.2, 0.25) is 0 Å². The highest BCUT2D eigenvalue weighted by Gasteiger charge is 2.06. The molecule has 0 spiro atoms. The van der Waals surface area contributed by atoms with Crippen LogP contribution in [0.3, 0.4) is 0 Å².